The van der Waals surface area contributed by atoms with E-state index >= 15 is 0 Å². The number of fused-ring (bicyclic) bond motifs is 1. The fraction of sp³-hybridized carbons (Fsp3) is 0.364. The first-order valence-corrected chi connectivity index (χ1v) is 10.3. The van der Waals surface area contributed by atoms with E-state index in [9.17, 15) is 4.79 Å². The van der Waals surface area contributed by atoms with Crippen LogP contribution < -0.4 is 14.3 Å². The van der Waals surface area contributed by atoms with Crippen molar-refractivity contribution in [3.8, 4) is 11.5 Å². The third-order valence-corrected chi connectivity index (χ3v) is 5.70. The number of rotatable bonds is 7. The first kappa shape index (κ1) is 21.1. The summed E-state index contributed by atoms with van der Waals surface area (Å²) in [6, 6.07) is 9.58. The van der Waals surface area contributed by atoms with E-state index in [1.54, 1.807) is 14.2 Å². The predicted molar refractivity (Wildman–Crippen MR) is 115 cm³/mol. The second-order valence-electron chi connectivity index (χ2n) is 6.64. The van der Waals surface area contributed by atoms with Crippen molar-refractivity contribution in [2.24, 2.45) is 4.99 Å². The van der Waals surface area contributed by atoms with Crippen LogP contribution in [-0.4, -0.2) is 37.9 Å². The SMILES string of the molecule is CCOCCn1c(=NC(=O)c2ccc(C)cc2C)sc2cc(OC)c(OC)cc21. The number of amides is 1. The number of benzene rings is 2. The Bertz CT molecular complexity index is 1100. The molecular formula is C22H26N2O4S. The van der Waals surface area contributed by atoms with Crippen LogP contribution in [0.2, 0.25) is 0 Å². The summed E-state index contributed by atoms with van der Waals surface area (Å²) < 4.78 is 19.4. The van der Waals surface area contributed by atoms with Gasteiger partial charge in [-0.05, 0) is 32.4 Å². The van der Waals surface area contributed by atoms with E-state index in [2.05, 4.69) is 4.99 Å². The van der Waals surface area contributed by atoms with Gasteiger partial charge in [0.2, 0.25) is 0 Å². The highest BCUT2D eigenvalue weighted by molar-refractivity contribution is 7.16. The van der Waals surface area contributed by atoms with Crippen LogP contribution in [0.5, 0.6) is 11.5 Å². The molecule has 0 unspecified atom stereocenters. The first-order valence-electron chi connectivity index (χ1n) is 9.47. The third kappa shape index (κ3) is 4.52. The topological polar surface area (TPSA) is 62.1 Å². The number of aromatic nitrogens is 1. The number of carbonyl (C=O) groups is 1. The molecule has 29 heavy (non-hydrogen) atoms. The molecule has 1 heterocycles. The van der Waals surface area contributed by atoms with Crippen LogP contribution in [0.15, 0.2) is 35.3 Å². The molecule has 0 N–H and O–H groups in total. The number of hydrogen-bond donors (Lipinski definition) is 0. The predicted octanol–water partition coefficient (Wildman–Crippen LogP) is 4.11. The fourth-order valence-corrected chi connectivity index (χ4v) is 4.26. The van der Waals surface area contributed by atoms with Crippen LogP contribution in [0.4, 0.5) is 0 Å². The van der Waals surface area contributed by atoms with Gasteiger partial charge in [-0.1, -0.05) is 29.0 Å². The van der Waals surface area contributed by atoms with E-state index in [1.807, 2.05) is 55.7 Å². The molecule has 0 radical (unpaired) electrons. The van der Waals surface area contributed by atoms with Gasteiger partial charge in [-0.2, -0.15) is 4.99 Å². The molecule has 3 aromatic rings. The molecule has 154 valence electrons. The molecule has 3 rings (SSSR count). The van der Waals surface area contributed by atoms with Gasteiger partial charge in [0.05, 0.1) is 31.0 Å². The number of aryl methyl sites for hydroxylation is 2. The van der Waals surface area contributed by atoms with Gasteiger partial charge in [-0.15, -0.1) is 0 Å². The van der Waals surface area contributed by atoms with E-state index in [0.29, 0.717) is 41.6 Å². The zero-order valence-electron chi connectivity index (χ0n) is 17.4. The van der Waals surface area contributed by atoms with Crippen molar-refractivity contribution in [2.45, 2.75) is 27.3 Å². The minimum absolute atomic E-state index is 0.252. The van der Waals surface area contributed by atoms with E-state index in [0.717, 1.165) is 21.3 Å². The Morgan fingerprint density at radius 1 is 1.10 bits per heavy atom. The maximum Gasteiger partial charge on any atom is 0.279 e. The highest BCUT2D eigenvalue weighted by atomic mass is 32.1. The van der Waals surface area contributed by atoms with Gasteiger partial charge in [-0.25, -0.2) is 0 Å². The van der Waals surface area contributed by atoms with Gasteiger partial charge < -0.3 is 18.8 Å². The van der Waals surface area contributed by atoms with Crippen LogP contribution in [0.1, 0.15) is 28.4 Å². The summed E-state index contributed by atoms with van der Waals surface area (Å²) in [5.74, 6) is 1.03. The van der Waals surface area contributed by atoms with Crippen molar-refractivity contribution in [2.75, 3.05) is 27.4 Å². The lowest BCUT2D eigenvalue weighted by molar-refractivity contribution is 0.0996. The zero-order chi connectivity index (χ0) is 21.0. The van der Waals surface area contributed by atoms with E-state index in [1.165, 1.54) is 11.3 Å². The summed E-state index contributed by atoms with van der Waals surface area (Å²) in [6.07, 6.45) is 0. The molecule has 0 fully saturated rings. The minimum atomic E-state index is -0.252. The average molecular weight is 415 g/mol. The Balaban J connectivity index is 2.14. The molecule has 0 saturated carbocycles. The molecule has 1 aromatic heterocycles. The molecule has 0 spiro atoms. The van der Waals surface area contributed by atoms with Gasteiger partial charge >= 0.3 is 0 Å². The summed E-state index contributed by atoms with van der Waals surface area (Å²) in [4.78, 5) is 18.0. The molecule has 0 bridgehead atoms. The zero-order valence-corrected chi connectivity index (χ0v) is 18.3. The highest BCUT2D eigenvalue weighted by Crippen LogP contribution is 2.33. The molecule has 0 aliphatic rings. The summed E-state index contributed by atoms with van der Waals surface area (Å²) in [5, 5.41) is 0. The molecular weight excluding hydrogens is 388 g/mol. The summed E-state index contributed by atoms with van der Waals surface area (Å²) in [7, 11) is 3.21. The number of hydrogen-bond acceptors (Lipinski definition) is 5. The molecule has 0 saturated heterocycles. The van der Waals surface area contributed by atoms with Gasteiger partial charge in [0, 0.05) is 30.8 Å². The quantitative estimate of drug-likeness (QED) is 0.546. The molecule has 0 aliphatic heterocycles. The first-order chi connectivity index (χ1) is 14.0. The van der Waals surface area contributed by atoms with Gasteiger partial charge in [0.15, 0.2) is 16.3 Å². The standard InChI is InChI=1S/C22H26N2O4S/c1-6-28-10-9-24-17-12-18(26-4)19(27-5)13-20(17)29-22(24)23-21(25)16-8-7-14(2)11-15(16)3/h7-8,11-13H,6,9-10H2,1-5H3. The van der Waals surface area contributed by atoms with Gasteiger partial charge in [-0.3, -0.25) is 4.79 Å². The highest BCUT2D eigenvalue weighted by Gasteiger charge is 2.14. The molecule has 1 amide bonds. The number of thiazole rings is 1. The second kappa shape index (κ2) is 9.24. The maximum absolute atomic E-state index is 12.9. The van der Waals surface area contributed by atoms with Gasteiger partial charge in [0.25, 0.3) is 5.91 Å². The lowest BCUT2D eigenvalue weighted by Gasteiger charge is -2.09. The smallest absolute Gasteiger partial charge is 0.279 e. The van der Waals surface area contributed by atoms with E-state index < -0.39 is 0 Å². The van der Waals surface area contributed by atoms with Crippen molar-refractivity contribution in [3.05, 3.63) is 51.8 Å². The lowest BCUT2D eigenvalue weighted by atomic mass is 10.1. The molecule has 0 aliphatic carbocycles. The largest absolute Gasteiger partial charge is 0.493 e. The van der Waals surface area contributed by atoms with Crippen LogP contribution in [-0.2, 0) is 11.3 Å². The van der Waals surface area contributed by atoms with Crippen LogP contribution in [0.3, 0.4) is 0 Å². The Hall–Kier alpha value is -2.64. The Morgan fingerprint density at radius 2 is 1.83 bits per heavy atom. The van der Waals surface area contributed by atoms with Crippen molar-refractivity contribution < 1.29 is 19.0 Å². The Labute approximate surface area is 174 Å². The fourth-order valence-electron chi connectivity index (χ4n) is 3.20. The van der Waals surface area contributed by atoms with Crippen molar-refractivity contribution in [1.29, 1.82) is 0 Å². The molecule has 6 nitrogen and oxygen atoms in total. The van der Waals surface area contributed by atoms with Crippen LogP contribution in [0.25, 0.3) is 10.2 Å². The third-order valence-electron chi connectivity index (χ3n) is 4.66. The van der Waals surface area contributed by atoms with E-state index in [-0.39, 0.29) is 5.91 Å². The molecule has 7 heteroatoms. The maximum atomic E-state index is 12.9. The average Bonchev–Trinajstić information content (AvgIpc) is 3.02. The Morgan fingerprint density at radius 3 is 2.48 bits per heavy atom. The van der Waals surface area contributed by atoms with Crippen LogP contribution >= 0.6 is 11.3 Å². The minimum Gasteiger partial charge on any atom is -0.493 e. The number of methoxy groups -OCH3 is 2. The van der Waals surface area contributed by atoms with Crippen molar-refractivity contribution >= 4 is 27.5 Å². The van der Waals surface area contributed by atoms with Crippen molar-refractivity contribution in [1.82, 2.24) is 4.57 Å². The Kier molecular flexibility index (Phi) is 6.71. The summed E-state index contributed by atoms with van der Waals surface area (Å²) in [6.45, 7) is 7.64. The number of carbonyl (C=O) groups excluding carboxylic acids is 1. The normalized spacial score (nSPS) is 11.8. The monoisotopic (exact) mass is 414 g/mol. The second-order valence-corrected chi connectivity index (χ2v) is 7.65. The lowest BCUT2D eigenvalue weighted by Crippen LogP contribution is -2.20. The van der Waals surface area contributed by atoms with E-state index in [4.69, 9.17) is 14.2 Å². The number of nitrogens with zero attached hydrogens (tertiary/aromatic N) is 2. The number of ether oxygens (including phenoxy) is 3. The molecule has 0 atom stereocenters. The summed E-state index contributed by atoms with van der Waals surface area (Å²) >= 11 is 1.45. The summed E-state index contributed by atoms with van der Waals surface area (Å²) in [5.41, 5.74) is 3.58. The van der Waals surface area contributed by atoms with Crippen molar-refractivity contribution in [3.63, 3.8) is 0 Å². The van der Waals surface area contributed by atoms with Crippen LogP contribution in [0, 0.1) is 13.8 Å². The molecule has 2 aromatic carbocycles. The van der Waals surface area contributed by atoms with Gasteiger partial charge in [0.1, 0.15) is 0 Å².